The molecule has 1 atom stereocenters. The fourth-order valence-electron chi connectivity index (χ4n) is 3.64. The van der Waals surface area contributed by atoms with Crippen molar-refractivity contribution in [2.24, 2.45) is 0 Å². The Kier molecular flexibility index (Phi) is 5.61. The van der Waals surface area contributed by atoms with Gasteiger partial charge in [-0.15, -0.1) is 0 Å². The standard InChI is InChI=1S/C23H22ClN3O4/c1-13-10-17(20(31-4)12-16(13)24)26-22-21-15(6-5-9-25-21)23(28)27(22)18-11-14(29-2)7-8-19(18)30-3/h5-12,22,26H,1-4H3. The quantitative estimate of drug-likeness (QED) is 0.592. The maximum atomic E-state index is 13.4. The van der Waals surface area contributed by atoms with Crippen molar-refractivity contribution in [1.29, 1.82) is 0 Å². The van der Waals surface area contributed by atoms with Gasteiger partial charge in [0, 0.05) is 23.4 Å². The monoisotopic (exact) mass is 439 g/mol. The number of rotatable bonds is 6. The molecule has 2 heterocycles. The molecule has 8 heteroatoms. The molecule has 0 saturated carbocycles. The Hall–Kier alpha value is -3.45. The average Bonchev–Trinajstić information content (AvgIpc) is 3.07. The molecule has 31 heavy (non-hydrogen) atoms. The van der Waals surface area contributed by atoms with Crippen LogP contribution in [0.2, 0.25) is 5.02 Å². The Morgan fingerprint density at radius 3 is 2.52 bits per heavy atom. The molecule has 0 bridgehead atoms. The zero-order valence-corrected chi connectivity index (χ0v) is 18.4. The highest BCUT2D eigenvalue weighted by atomic mass is 35.5. The molecule has 3 aromatic rings. The van der Waals surface area contributed by atoms with Crippen LogP contribution in [-0.4, -0.2) is 32.2 Å². The predicted molar refractivity (Wildman–Crippen MR) is 120 cm³/mol. The summed E-state index contributed by atoms with van der Waals surface area (Å²) >= 11 is 6.27. The van der Waals surface area contributed by atoms with E-state index >= 15 is 0 Å². The van der Waals surface area contributed by atoms with Crippen LogP contribution in [0.25, 0.3) is 0 Å². The zero-order valence-electron chi connectivity index (χ0n) is 17.6. The minimum Gasteiger partial charge on any atom is -0.497 e. The van der Waals surface area contributed by atoms with Gasteiger partial charge in [-0.05, 0) is 42.8 Å². The molecule has 2 aromatic carbocycles. The molecule has 0 aliphatic carbocycles. The van der Waals surface area contributed by atoms with E-state index < -0.39 is 6.17 Å². The number of anilines is 2. The van der Waals surface area contributed by atoms with E-state index in [9.17, 15) is 4.79 Å². The molecular weight excluding hydrogens is 418 g/mol. The number of amides is 1. The van der Waals surface area contributed by atoms with Gasteiger partial charge in [-0.3, -0.25) is 14.7 Å². The Bertz CT molecular complexity index is 1150. The highest BCUT2D eigenvalue weighted by molar-refractivity contribution is 6.31. The molecule has 7 nitrogen and oxygen atoms in total. The van der Waals surface area contributed by atoms with Crippen molar-refractivity contribution < 1.29 is 19.0 Å². The molecule has 0 radical (unpaired) electrons. The summed E-state index contributed by atoms with van der Waals surface area (Å²) in [6.45, 7) is 1.90. The highest BCUT2D eigenvalue weighted by Gasteiger charge is 2.40. The van der Waals surface area contributed by atoms with Gasteiger partial charge in [0.25, 0.3) is 5.91 Å². The number of nitrogens with one attached hydrogen (secondary N) is 1. The van der Waals surface area contributed by atoms with Crippen molar-refractivity contribution in [3.63, 3.8) is 0 Å². The van der Waals surface area contributed by atoms with Crippen LogP contribution in [0, 0.1) is 6.92 Å². The van der Waals surface area contributed by atoms with Crippen LogP contribution in [-0.2, 0) is 0 Å². The second-order valence-corrected chi connectivity index (χ2v) is 7.40. The summed E-state index contributed by atoms with van der Waals surface area (Å²) in [5, 5.41) is 4.01. The summed E-state index contributed by atoms with van der Waals surface area (Å²) in [7, 11) is 4.71. The van der Waals surface area contributed by atoms with Gasteiger partial charge in [0.2, 0.25) is 0 Å². The van der Waals surface area contributed by atoms with E-state index in [0.717, 1.165) is 5.56 Å². The van der Waals surface area contributed by atoms with Crippen molar-refractivity contribution in [1.82, 2.24) is 4.98 Å². The van der Waals surface area contributed by atoms with Crippen molar-refractivity contribution in [3.8, 4) is 17.2 Å². The molecule has 1 amide bonds. The lowest BCUT2D eigenvalue weighted by Gasteiger charge is -2.28. The number of halogens is 1. The van der Waals surface area contributed by atoms with Gasteiger partial charge in [-0.25, -0.2) is 0 Å². The first-order chi connectivity index (χ1) is 15.0. The summed E-state index contributed by atoms with van der Waals surface area (Å²) in [6.07, 6.45) is 1.07. The molecule has 1 N–H and O–H groups in total. The largest absolute Gasteiger partial charge is 0.497 e. The third-order valence-corrected chi connectivity index (χ3v) is 5.63. The fourth-order valence-corrected chi connectivity index (χ4v) is 3.80. The van der Waals surface area contributed by atoms with E-state index in [1.54, 1.807) is 68.8 Å². The summed E-state index contributed by atoms with van der Waals surface area (Å²) in [4.78, 5) is 19.5. The summed E-state index contributed by atoms with van der Waals surface area (Å²) < 4.78 is 16.4. The van der Waals surface area contributed by atoms with Crippen molar-refractivity contribution in [2.75, 3.05) is 31.5 Å². The molecule has 160 valence electrons. The van der Waals surface area contributed by atoms with Gasteiger partial charge in [0.15, 0.2) is 6.17 Å². The van der Waals surface area contributed by atoms with E-state index in [2.05, 4.69) is 10.3 Å². The number of fused-ring (bicyclic) bond motifs is 1. The molecule has 0 fully saturated rings. The van der Waals surface area contributed by atoms with Gasteiger partial charge in [0.05, 0.1) is 44.0 Å². The minimum absolute atomic E-state index is 0.197. The lowest BCUT2D eigenvalue weighted by molar-refractivity contribution is 0.0992. The topological polar surface area (TPSA) is 72.9 Å². The van der Waals surface area contributed by atoms with Gasteiger partial charge in [0.1, 0.15) is 17.2 Å². The van der Waals surface area contributed by atoms with Crippen LogP contribution < -0.4 is 24.4 Å². The van der Waals surface area contributed by atoms with Crippen molar-refractivity contribution in [3.05, 3.63) is 70.5 Å². The number of benzene rings is 2. The number of pyridine rings is 1. The number of aryl methyl sites for hydroxylation is 1. The maximum Gasteiger partial charge on any atom is 0.262 e. The SMILES string of the molecule is COc1ccc(OC)c(N2C(=O)c3cccnc3C2Nc2cc(C)c(Cl)cc2OC)c1. The molecular formula is C23H22ClN3O4. The van der Waals surface area contributed by atoms with Gasteiger partial charge < -0.3 is 19.5 Å². The molecule has 1 aromatic heterocycles. The third kappa shape index (κ3) is 3.61. The third-order valence-electron chi connectivity index (χ3n) is 5.22. The van der Waals surface area contributed by atoms with Gasteiger partial charge >= 0.3 is 0 Å². The first-order valence-electron chi connectivity index (χ1n) is 9.59. The molecule has 1 unspecified atom stereocenters. The minimum atomic E-state index is -0.598. The smallest absolute Gasteiger partial charge is 0.262 e. The van der Waals surface area contributed by atoms with Crippen LogP contribution in [0.15, 0.2) is 48.7 Å². The maximum absolute atomic E-state index is 13.4. The summed E-state index contributed by atoms with van der Waals surface area (Å²) in [5.41, 5.74) is 3.24. The van der Waals surface area contributed by atoms with Crippen LogP contribution in [0.4, 0.5) is 11.4 Å². The zero-order chi connectivity index (χ0) is 22.1. The number of aromatic nitrogens is 1. The number of nitrogens with zero attached hydrogens (tertiary/aromatic N) is 2. The lowest BCUT2D eigenvalue weighted by atomic mass is 10.1. The number of ether oxygens (including phenoxy) is 3. The van der Waals surface area contributed by atoms with Crippen LogP contribution >= 0.6 is 11.6 Å². The lowest BCUT2D eigenvalue weighted by Crippen LogP contribution is -2.33. The van der Waals surface area contributed by atoms with Crippen LogP contribution in [0.5, 0.6) is 17.2 Å². The molecule has 1 aliphatic rings. The van der Waals surface area contributed by atoms with E-state index in [1.807, 2.05) is 13.0 Å². The fraction of sp³-hybridized carbons (Fsp3) is 0.217. The first kappa shape index (κ1) is 20.8. The van der Waals surface area contributed by atoms with Gasteiger partial charge in [-0.1, -0.05) is 11.6 Å². The Morgan fingerprint density at radius 2 is 1.81 bits per heavy atom. The second kappa shape index (κ2) is 8.35. The highest BCUT2D eigenvalue weighted by Crippen LogP contribution is 2.44. The Labute approximate surface area is 185 Å². The normalized spacial score (nSPS) is 14.9. The second-order valence-electron chi connectivity index (χ2n) is 7.00. The molecule has 1 aliphatic heterocycles. The van der Waals surface area contributed by atoms with Crippen molar-refractivity contribution in [2.45, 2.75) is 13.1 Å². The summed E-state index contributed by atoms with van der Waals surface area (Å²) in [5.74, 6) is 1.50. The average molecular weight is 440 g/mol. The van der Waals surface area contributed by atoms with E-state index in [0.29, 0.717) is 44.9 Å². The number of carbonyl (C=O) groups is 1. The van der Waals surface area contributed by atoms with E-state index in [-0.39, 0.29) is 5.91 Å². The Morgan fingerprint density at radius 1 is 1.03 bits per heavy atom. The first-order valence-corrected chi connectivity index (χ1v) is 9.97. The summed E-state index contributed by atoms with van der Waals surface area (Å²) in [6, 6.07) is 12.4. The number of methoxy groups -OCH3 is 3. The number of hydrogen-bond acceptors (Lipinski definition) is 6. The molecule has 0 saturated heterocycles. The van der Waals surface area contributed by atoms with E-state index in [1.165, 1.54) is 0 Å². The number of hydrogen-bond donors (Lipinski definition) is 1. The van der Waals surface area contributed by atoms with Gasteiger partial charge in [-0.2, -0.15) is 0 Å². The molecule has 0 spiro atoms. The van der Waals surface area contributed by atoms with Crippen molar-refractivity contribution >= 4 is 28.9 Å². The number of carbonyl (C=O) groups excluding carboxylic acids is 1. The molecule has 4 rings (SSSR count). The van der Waals surface area contributed by atoms with Crippen LogP contribution in [0.3, 0.4) is 0 Å². The van der Waals surface area contributed by atoms with E-state index in [4.69, 9.17) is 25.8 Å². The Balaban J connectivity index is 1.86. The predicted octanol–water partition coefficient (Wildman–Crippen LogP) is 4.84. The van der Waals surface area contributed by atoms with Crippen LogP contribution in [0.1, 0.15) is 27.8 Å².